The molecule has 0 atom stereocenters. The van der Waals surface area contributed by atoms with Crippen molar-refractivity contribution in [2.45, 2.75) is 13.5 Å². The van der Waals surface area contributed by atoms with Crippen LogP contribution in [0.15, 0.2) is 82.1 Å². The molecule has 0 N–H and O–H groups in total. The van der Waals surface area contributed by atoms with E-state index in [1.165, 1.54) is 5.56 Å². The van der Waals surface area contributed by atoms with Gasteiger partial charge in [-0.05, 0) is 54.5 Å². The minimum absolute atomic E-state index is 0.00442. The molecule has 0 fully saturated rings. The Balaban J connectivity index is 1.90. The fourth-order valence-corrected chi connectivity index (χ4v) is 5.49. The number of rotatable bonds is 3. The zero-order chi connectivity index (χ0) is 20.8. The van der Waals surface area contributed by atoms with Gasteiger partial charge in [-0.15, -0.1) is 11.3 Å². The van der Waals surface area contributed by atoms with Crippen molar-refractivity contribution in [3.63, 3.8) is 0 Å². The summed E-state index contributed by atoms with van der Waals surface area (Å²) in [5.41, 5.74) is 5.01. The van der Waals surface area contributed by atoms with Gasteiger partial charge in [-0.2, -0.15) is 0 Å². The second-order valence-electron chi connectivity index (χ2n) is 7.26. The Morgan fingerprint density at radius 3 is 2.53 bits per heavy atom. The summed E-state index contributed by atoms with van der Waals surface area (Å²) >= 11 is 10.8. The number of para-hydroxylation sites is 1. The van der Waals surface area contributed by atoms with Crippen LogP contribution in [0.5, 0.6) is 0 Å². The van der Waals surface area contributed by atoms with Crippen molar-refractivity contribution in [1.82, 2.24) is 8.97 Å². The first-order valence-corrected chi connectivity index (χ1v) is 11.5. The van der Waals surface area contributed by atoms with Gasteiger partial charge < -0.3 is 0 Å². The van der Waals surface area contributed by atoms with E-state index < -0.39 is 0 Å². The predicted octanol–water partition coefficient (Wildman–Crippen LogP) is 6.83. The zero-order valence-corrected chi connectivity index (χ0v) is 19.4. The van der Waals surface area contributed by atoms with Crippen LogP contribution < -0.4 is 5.56 Å². The molecule has 0 unspecified atom stereocenters. The summed E-state index contributed by atoms with van der Waals surface area (Å²) < 4.78 is 5.66. The number of halogens is 1. The number of aryl methyl sites for hydroxylation is 1. The van der Waals surface area contributed by atoms with Gasteiger partial charge in [-0.3, -0.25) is 13.8 Å². The van der Waals surface area contributed by atoms with Crippen LogP contribution in [0.4, 0.5) is 0 Å². The topological polar surface area (TPSA) is 26.4 Å². The third-order valence-corrected chi connectivity index (χ3v) is 7.14. The van der Waals surface area contributed by atoms with Gasteiger partial charge in [0, 0.05) is 4.47 Å². The first-order chi connectivity index (χ1) is 14.5. The lowest BCUT2D eigenvalue weighted by molar-refractivity contribution is 0.780. The van der Waals surface area contributed by atoms with Gasteiger partial charge in [0.05, 0.1) is 22.3 Å². The van der Waals surface area contributed by atoms with E-state index >= 15 is 0 Å². The quantitative estimate of drug-likeness (QED) is 0.258. The minimum atomic E-state index is -0.00442. The van der Waals surface area contributed by atoms with E-state index in [2.05, 4.69) is 41.1 Å². The summed E-state index contributed by atoms with van der Waals surface area (Å²) in [6.07, 6.45) is 0. The molecule has 3 nitrogen and oxygen atoms in total. The Bertz CT molecular complexity index is 1530. The van der Waals surface area contributed by atoms with Crippen LogP contribution in [-0.4, -0.2) is 8.97 Å². The van der Waals surface area contributed by atoms with E-state index in [9.17, 15) is 4.79 Å². The molecule has 0 radical (unpaired) electrons. The fourth-order valence-electron chi connectivity index (χ4n) is 3.81. The Morgan fingerprint density at radius 2 is 1.77 bits per heavy atom. The highest BCUT2D eigenvalue weighted by Gasteiger charge is 2.18. The molecule has 0 spiro atoms. The summed E-state index contributed by atoms with van der Waals surface area (Å²) in [5.74, 6) is 0. The molecule has 0 bridgehead atoms. The monoisotopic (exact) mass is 492 g/mol. The van der Waals surface area contributed by atoms with E-state index in [0.29, 0.717) is 11.9 Å². The number of aromatic nitrogens is 2. The normalized spacial score (nSPS) is 11.4. The summed E-state index contributed by atoms with van der Waals surface area (Å²) in [6.45, 7) is 2.55. The average molecular weight is 493 g/mol. The largest absolute Gasteiger partial charge is 0.288 e. The molecule has 6 heteroatoms. The van der Waals surface area contributed by atoms with Crippen molar-refractivity contribution in [3.8, 4) is 10.4 Å². The van der Waals surface area contributed by atoms with Crippen molar-refractivity contribution < 1.29 is 0 Å². The molecule has 30 heavy (non-hydrogen) atoms. The SMILES string of the molecule is Cc1cccc(-c2sc(=S)n3c4ccccc4c(=O)n(Cc4ccc(Br)cc4)c23)c1. The van der Waals surface area contributed by atoms with Crippen LogP contribution in [0.3, 0.4) is 0 Å². The number of nitrogens with zero attached hydrogens (tertiary/aromatic N) is 2. The maximum absolute atomic E-state index is 13.6. The lowest BCUT2D eigenvalue weighted by Gasteiger charge is -2.14. The molecule has 3 aromatic carbocycles. The van der Waals surface area contributed by atoms with Crippen molar-refractivity contribution in [2.75, 3.05) is 0 Å². The maximum Gasteiger partial charge on any atom is 0.261 e. The molecule has 0 aliphatic rings. The van der Waals surface area contributed by atoms with Gasteiger partial charge in [0.2, 0.25) is 0 Å². The molecule has 0 saturated carbocycles. The van der Waals surface area contributed by atoms with E-state index in [-0.39, 0.29) is 5.56 Å². The molecular weight excluding hydrogens is 476 g/mol. The van der Waals surface area contributed by atoms with Crippen molar-refractivity contribution in [3.05, 3.63) is 103 Å². The number of hydrogen-bond donors (Lipinski definition) is 0. The van der Waals surface area contributed by atoms with Crippen molar-refractivity contribution >= 4 is 56.0 Å². The summed E-state index contributed by atoms with van der Waals surface area (Å²) in [4.78, 5) is 14.6. The van der Waals surface area contributed by atoms with Crippen molar-refractivity contribution in [2.24, 2.45) is 0 Å². The molecule has 2 aromatic heterocycles. The predicted molar refractivity (Wildman–Crippen MR) is 131 cm³/mol. The summed E-state index contributed by atoms with van der Waals surface area (Å²) in [6, 6.07) is 24.1. The maximum atomic E-state index is 13.6. The number of benzene rings is 3. The number of fused-ring (bicyclic) bond motifs is 3. The molecule has 5 aromatic rings. The third-order valence-electron chi connectivity index (χ3n) is 5.20. The minimum Gasteiger partial charge on any atom is -0.288 e. The second kappa shape index (κ2) is 7.61. The number of hydrogen-bond acceptors (Lipinski definition) is 3. The smallest absolute Gasteiger partial charge is 0.261 e. The fraction of sp³-hybridized carbons (Fsp3) is 0.0833. The molecule has 0 aliphatic heterocycles. The Labute approximate surface area is 191 Å². The van der Waals surface area contributed by atoms with Crippen molar-refractivity contribution in [1.29, 1.82) is 0 Å². The van der Waals surface area contributed by atoms with Crippen LogP contribution >= 0.6 is 39.5 Å². The molecule has 148 valence electrons. The van der Waals surface area contributed by atoms with Gasteiger partial charge in [0.25, 0.3) is 5.56 Å². The van der Waals surface area contributed by atoms with Crippen LogP contribution in [0.25, 0.3) is 27.0 Å². The van der Waals surface area contributed by atoms with Gasteiger partial charge in [0.15, 0.2) is 3.95 Å². The number of thiazole rings is 1. The van der Waals surface area contributed by atoms with Gasteiger partial charge in [0.1, 0.15) is 5.65 Å². The van der Waals surface area contributed by atoms with E-state index in [0.717, 1.165) is 35.6 Å². The van der Waals surface area contributed by atoms with Crippen LogP contribution in [0.1, 0.15) is 11.1 Å². The van der Waals surface area contributed by atoms with E-state index in [1.807, 2.05) is 63.6 Å². The van der Waals surface area contributed by atoms with E-state index in [1.54, 1.807) is 11.3 Å². The first kappa shape index (κ1) is 19.4. The standard InChI is InChI=1S/C24H17BrN2OS2/c1-15-5-4-6-17(13-15)21-22-26(14-16-9-11-18(25)12-10-16)23(28)19-7-2-3-8-20(19)27(22)24(29)30-21/h2-13H,14H2,1H3. The first-order valence-electron chi connectivity index (χ1n) is 9.51. The summed E-state index contributed by atoms with van der Waals surface area (Å²) in [5, 5.41) is 0.673. The highest BCUT2D eigenvalue weighted by molar-refractivity contribution is 9.10. The molecule has 0 aliphatic carbocycles. The van der Waals surface area contributed by atoms with Gasteiger partial charge in [-0.1, -0.05) is 70.0 Å². The van der Waals surface area contributed by atoms with Gasteiger partial charge in [-0.25, -0.2) is 0 Å². The lowest BCUT2D eigenvalue weighted by atomic mass is 10.1. The third kappa shape index (κ3) is 3.25. The second-order valence-corrected chi connectivity index (χ2v) is 9.82. The molecule has 2 heterocycles. The van der Waals surface area contributed by atoms with Gasteiger partial charge >= 0.3 is 0 Å². The molecule has 5 rings (SSSR count). The Hall–Kier alpha value is -2.54. The highest BCUT2D eigenvalue weighted by Crippen LogP contribution is 2.33. The summed E-state index contributed by atoms with van der Waals surface area (Å²) in [7, 11) is 0. The van der Waals surface area contributed by atoms with Crippen LogP contribution in [0, 0.1) is 10.9 Å². The highest BCUT2D eigenvalue weighted by atomic mass is 79.9. The molecule has 0 amide bonds. The van der Waals surface area contributed by atoms with E-state index in [4.69, 9.17) is 12.2 Å². The Morgan fingerprint density at radius 1 is 1.00 bits per heavy atom. The average Bonchev–Trinajstić information content (AvgIpc) is 3.10. The lowest BCUT2D eigenvalue weighted by Crippen LogP contribution is -2.23. The molecule has 0 saturated heterocycles. The Kier molecular flexibility index (Phi) is 4.93. The zero-order valence-electron chi connectivity index (χ0n) is 16.1. The van der Waals surface area contributed by atoms with Crippen LogP contribution in [0.2, 0.25) is 0 Å². The van der Waals surface area contributed by atoms with Crippen LogP contribution in [-0.2, 0) is 6.54 Å². The molecular formula is C24H17BrN2OS2.